The van der Waals surface area contributed by atoms with Crippen molar-refractivity contribution in [2.24, 2.45) is 0 Å². The van der Waals surface area contributed by atoms with Crippen LogP contribution in [0.3, 0.4) is 0 Å². The van der Waals surface area contributed by atoms with Gasteiger partial charge in [0.1, 0.15) is 24.1 Å². The Bertz CT molecular complexity index is 670. The van der Waals surface area contributed by atoms with Crippen LogP contribution in [0, 0.1) is 0 Å². The molecule has 0 spiro atoms. The van der Waals surface area contributed by atoms with Gasteiger partial charge in [0.25, 0.3) is 0 Å². The predicted octanol–water partition coefficient (Wildman–Crippen LogP) is 2.86. The fraction of sp³-hybridized carbons (Fsp3) is 0.312. The lowest BCUT2D eigenvalue weighted by Crippen LogP contribution is -2.21. The molecule has 0 aliphatic carbocycles. The van der Waals surface area contributed by atoms with Crippen molar-refractivity contribution in [1.29, 1.82) is 0 Å². The lowest BCUT2D eigenvalue weighted by Gasteiger charge is -2.13. The highest BCUT2D eigenvalue weighted by atomic mass is 35.5. The highest BCUT2D eigenvalue weighted by molar-refractivity contribution is 6.29. The third kappa shape index (κ3) is 6.29. The van der Waals surface area contributed by atoms with Crippen molar-refractivity contribution in [1.82, 2.24) is 9.97 Å². The van der Waals surface area contributed by atoms with Gasteiger partial charge in [0, 0.05) is 12.1 Å². The summed E-state index contributed by atoms with van der Waals surface area (Å²) in [6.07, 6.45) is -0.0586. The fourth-order valence-corrected chi connectivity index (χ4v) is 2.06. The summed E-state index contributed by atoms with van der Waals surface area (Å²) in [6, 6.07) is 10.5. The molecule has 7 nitrogen and oxygen atoms in total. The standard InChI is InChI=1S/C16H18ClN3O4/c1-11(9-15(21)22)18-16-19-13(17)10-14(20-16)24-8-7-23-12-5-3-2-4-6-12/h2-6,10-11H,7-9H2,1H3,(H,21,22)(H,18,19,20)/t11-/m1/s1. The number of nitrogens with one attached hydrogen (secondary N) is 1. The van der Waals surface area contributed by atoms with E-state index in [2.05, 4.69) is 15.3 Å². The number of rotatable bonds is 9. The lowest BCUT2D eigenvalue weighted by atomic mass is 10.2. The number of benzene rings is 1. The number of carboxylic acids is 1. The largest absolute Gasteiger partial charge is 0.490 e. The van der Waals surface area contributed by atoms with Crippen LogP contribution in [0.4, 0.5) is 5.95 Å². The second-order valence-corrected chi connectivity index (χ2v) is 5.39. The molecular formula is C16H18ClN3O4. The van der Waals surface area contributed by atoms with E-state index < -0.39 is 5.97 Å². The van der Waals surface area contributed by atoms with Crippen LogP contribution in [0.1, 0.15) is 13.3 Å². The Morgan fingerprint density at radius 3 is 2.67 bits per heavy atom. The number of carbonyl (C=O) groups is 1. The van der Waals surface area contributed by atoms with Crippen molar-refractivity contribution in [3.8, 4) is 11.6 Å². The van der Waals surface area contributed by atoms with Gasteiger partial charge in [0.15, 0.2) is 0 Å². The molecule has 0 radical (unpaired) electrons. The predicted molar refractivity (Wildman–Crippen MR) is 89.8 cm³/mol. The number of carboxylic acid groups (broad SMARTS) is 1. The summed E-state index contributed by atoms with van der Waals surface area (Å²) < 4.78 is 11.0. The van der Waals surface area contributed by atoms with E-state index in [0.29, 0.717) is 6.61 Å². The van der Waals surface area contributed by atoms with Crippen LogP contribution < -0.4 is 14.8 Å². The molecule has 0 amide bonds. The average molecular weight is 352 g/mol. The van der Waals surface area contributed by atoms with Crippen LogP contribution in [0.5, 0.6) is 11.6 Å². The molecule has 1 heterocycles. The lowest BCUT2D eigenvalue weighted by molar-refractivity contribution is -0.137. The third-order valence-corrected chi connectivity index (χ3v) is 3.07. The van der Waals surface area contributed by atoms with E-state index in [1.807, 2.05) is 30.3 Å². The van der Waals surface area contributed by atoms with E-state index in [0.717, 1.165) is 5.75 Å². The Kier molecular flexibility index (Phi) is 6.62. The van der Waals surface area contributed by atoms with E-state index in [1.54, 1.807) is 6.92 Å². The Hall–Kier alpha value is -2.54. The molecule has 2 N–H and O–H groups in total. The summed E-state index contributed by atoms with van der Waals surface area (Å²) in [5.41, 5.74) is 0. The number of para-hydroxylation sites is 1. The van der Waals surface area contributed by atoms with E-state index in [1.165, 1.54) is 6.07 Å². The SMILES string of the molecule is C[C@H](CC(=O)O)Nc1nc(Cl)cc(OCCOc2ccccc2)n1. The topological polar surface area (TPSA) is 93.6 Å². The number of hydrogen-bond donors (Lipinski definition) is 2. The number of aliphatic carboxylic acids is 1. The summed E-state index contributed by atoms with van der Waals surface area (Å²) in [5, 5.41) is 11.8. The van der Waals surface area contributed by atoms with Gasteiger partial charge < -0.3 is 19.9 Å². The maximum atomic E-state index is 10.7. The van der Waals surface area contributed by atoms with Gasteiger partial charge in [-0.05, 0) is 19.1 Å². The summed E-state index contributed by atoms with van der Waals surface area (Å²) in [6.45, 7) is 2.35. The van der Waals surface area contributed by atoms with E-state index >= 15 is 0 Å². The summed E-state index contributed by atoms with van der Waals surface area (Å²) in [5.74, 6) is 0.352. The van der Waals surface area contributed by atoms with Crippen LogP contribution in [0.25, 0.3) is 0 Å². The van der Waals surface area contributed by atoms with Gasteiger partial charge in [-0.3, -0.25) is 4.79 Å². The monoisotopic (exact) mass is 351 g/mol. The third-order valence-electron chi connectivity index (χ3n) is 2.87. The minimum absolute atomic E-state index is 0.0586. The van der Waals surface area contributed by atoms with Crippen LogP contribution in [0.2, 0.25) is 5.15 Å². The summed E-state index contributed by atoms with van der Waals surface area (Å²) in [4.78, 5) is 18.8. The van der Waals surface area contributed by atoms with Gasteiger partial charge in [-0.1, -0.05) is 29.8 Å². The second kappa shape index (κ2) is 8.93. The fourth-order valence-electron chi connectivity index (χ4n) is 1.89. The number of ether oxygens (including phenoxy) is 2. The maximum absolute atomic E-state index is 10.7. The smallest absolute Gasteiger partial charge is 0.305 e. The molecule has 1 aromatic heterocycles. The molecule has 1 aromatic carbocycles. The highest BCUT2D eigenvalue weighted by Gasteiger charge is 2.11. The van der Waals surface area contributed by atoms with E-state index in [-0.39, 0.29) is 36.1 Å². The molecule has 0 saturated heterocycles. The number of anilines is 1. The molecule has 8 heteroatoms. The Morgan fingerprint density at radius 2 is 1.96 bits per heavy atom. The maximum Gasteiger partial charge on any atom is 0.305 e. The Morgan fingerprint density at radius 1 is 1.25 bits per heavy atom. The van der Waals surface area contributed by atoms with Crippen molar-refractivity contribution >= 4 is 23.5 Å². The van der Waals surface area contributed by atoms with Gasteiger partial charge in [-0.25, -0.2) is 4.98 Å². The zero-order valence-corrected chi connectivity index (χ0v) is 13.9. The van der Waals surface area contributed by atoms with Crippen molar-refractivity contribution in [3.05, 3.63) is 41.6 Å². The minimum atomic E-state index is -0.911. The molecule has 24 heavy (non-hydrogen) atoms. The van der Waals surface area contributed by atoms with Gasteiger partial charge >= 0.3 is 5.97 Å². The average Bonchev–Trinajstić information content (AvgIpc) is 2.51. The number of hydrogen-bond acceptors (Lipinski definition) is 6. The Labute approximate surface area is 144 Å². The molecular weight excluding hydrogens is 334 g/mol. The zero-order valence-electron chi connectivity index (χ0n) is 13.1. The minimum Gasteiger partial charge on any atom is -0.490 e. The molecule has 1 atom stereocenters. The summed E-state index contributed by atoms with van der Waals surface area (Å²) in [7, 11) is 0. The molecule has 128 valence electrons. The zero-order chi connectivity index (χ0) is 17.4. The molecule has 0 unspecified atom stereocenters. The highest BCUT2D eigenvalue weighted by Crippen LogP contribution is 2.17. The second-order valence-electron chi connectivity index (χ2n) is 5.01. The normalized spacial score (nSPS) is 11.6. The molecule has 0 aliphatic heterocycles. The number of halogens is 1. The van der Waals surface area contributed by atoms with Gasteiger partial charge in [-0.15, -0.1) is 0 Å². The van der Waals surface area contributed by atoms with E-state index in [4.69, 9.17) is 26.2 Å². The van der Waals surface area contributed by atoms with Crippen molar-refractivity contribution in [3.63, 3.8) is 0 Å². The summed E-state index contributed by atoms with van der Waals surface area (Å²) >= 11 is 5.93. The quantitative estimate of drug-likeness (QED) is 0.530. The molecule has 0 bridgehead atoms. The van der Waals surface area contributed by atoms with Gasteiger partial charge in [0.05, 0.1) is 6.42 Å². The van der Waals surface area contributed by atoms with E-state index in [9.17, 15) is 4.79 Å². The van der Waals surface area contributed by atoms with Gasteiger partial charge in [-0.2, -0.15) is 4.98 Å². The first-order chi connectivity index (χ1) is 11.5. The first-order valence-electron chi connectivity index (χ1n) is 7.36. The first-order valence-corrected chi connectivity index (χ1v) is 7.74. The van der Waals surface area contributed by atoms with Crippen LogP contribution >= 0.6 is 11.6 Å². The van der Waals surface area contributed by atoms with Crippen molar-refractivity contribution in [2.75, 3.05) is 18.5 Å². The first kappa shape index (κ1) is 17.8. The molecule has 0 fully saturated rings. The molecule has 2 rings (SSSR count). The number of aromatic nitrogens is 2. The van der Waals surface area contributed by atoms with Crippen LogP contribution in [-0.4, -0.2) is 40.3 Å². The van der Waals surface area contributed by atoms with Gasteiger partial charge in [0.2, 0.25) is 11.8 Å². The molecule has 0 aliphatic rings. The Balaban J connectivity index is 1.85. The van der Waals surface area contributed by atoms with Crippen LogP contribution in [-0.2, 0) is 4.79 Å². The van der Waals surface area contributed by atoms with Crippen molar-refractivity contribution in [2.45, 2.75) is 19.4 Å². The molecule has 0 saturated carbocycles. The van der Waals surface area contributed by atoms with Crippen molar-refractivity contribution < 1.29 is 19.4 Å². The van der Waals surface area contributed by atoms with Crippen LogP contribution in [0.15, 0.2) is 36.4 Å². The molecule has 2 aromatic rings. The number of nitrogens with zero attached hydrogens (tertiary/aromatic N) is 2.